The van der Waals surface area contributed by atoms with Gasteiger partial charge in [0.05, 0.1) is 12.7 Å². The van der Waals surface area contributed by atoms with Crippen LogP contribution in [0.15, 0.2) is 36.4 Å². The van der Waals surface area contributed by atoms with E-state index >= 15 is 0 Å². The molecule has 0 heterocycles. The molecule has 0 atom stereocenters. The van der Waals surface area contributed by atoms with Gasteiger partial charge in [0.25, 0.3) is 0 Å². The predicted molar refractivity (Wildman–Crippen MR) is 108 cm³/mol. The van der Waals surface area contributed by atoms with Crippen molar-refractivity contribution in [2.24, 2.45) is 0 Å². The van der Waals surface area contributed by atoms with Crippen molar-refractivity contribution in [1.29, 1.82) is 0 Å². The van der Waals surface area contributed by atoms with Gasteiger partial charge < -0.3 is 10.2 Å². The van der Waals surface area contributed by atoms with E-state index in [0.717, 1.165) is 9.13 Å². The van der Waals surface area contributed by atoms with Gasteiger partial charge in [-0.3, -0.25) is 0 Å². The third-order valence-electron chi connectivity index (χ3n) is 2.74. The van der Waals surface area contributed by atoms with Gasteiger partial charge in [-0.15, -0.1) is 0 Å². The number of phenols is 1. The number of aromatic hydroxyl groups is 1. The van der Waals surface area contributed by atoms with E-state index in [2.05, 4.69) is 22.6 Å². The van der Waals surface area contributed by atoms with Crippen LogP contribution >= 0.6 is 67.8 Å². The van der Waals surface area contributed by atoms with Crippen molar-refractivity contribution in [1.82, 2.24) is 0 Å². The quantitative estimate of drug-likeness (QED) is 0.295. The molecule has 2 aromatic rings. The van der Waals surface area contributed by atoms with E-state index in [1.807, 2.05) is 57.3 Å². The lowest BCUT2D eigenvalue weighted by Crippen LogP contribution is -2.00. The smallest absolute Gasteiger partial charge is 0.336 e. The fourth-order valence-corrected chi connectivity index (χ4v) is 3.91. The summed E-state index contributed by atoms with van der Waals surface area (Å²) < 4.78 is 2.44. The average Bonchev–Trinajstić information content (AvgIpc) is 2.43. The molecule has 0 radical (unpaired) electrons. The summed E-state index contributed by atoms with van der Waals surface area (Å²) in [4.78, 5) is 11.5. The number of carbonyl (C=O) groups is 1. The molecule has 6 heteroatoms. The lowest BCUT2D eigenvalue weighted by molar-refractivity contribution is -0.130. The molecular weight excluding hydrogens is 609 g/mol. The van der Waals surface area contributed by atoms with Gasteiger partial charge in [-0.2, -0.15) is 0 Å². The topological polar surface area (TPSA) is 57.5 Å². The Balaban J connectivity index is 2.52. The molecule has 0 aliphatic rings. The molecule has 2 rings (SSSR count). The summed E-state index contributed by atoms with van der Waals surface area (Å²) in [6, 6.07) is 10.8. The van der Waals surface area contributed by atoms with E-state index in [0.29, 0.717) is 12.7 Å². The first-order valence-electron chi connectivity index (χ1n) is 5.77. The summed E-state index contributed by atoms with van der Waals surface area (Å²) in [5.74, 6) is -0.756. The zero-order chi connectivity index (χ0) is 15.6. The Labute approximate surface area is 162 Å². The van der Waals surface area contributed by atoms with Gasteiger partial charge in [0.1, 0.15) is 5.75 Å². The molecule has 21 heavy (non-hydrogen) atoms. The zero-order valence-electron chi connectivity index (χ0n) is 10.5. The van der Waals surface area contributed by atoms with Gasteiger partial charge in [0, 0.05) is 3.57 Å². The maximum absolute atomic E-state index is 11.5. The summed E-state index contributed by atoms with van der Waals surface area (Å²) in [5, 5.41) is 19.2. The molecule has 0 amide bonds. The molecular formula is C15H9I3O3. The van der Waals surface area contributed by atoms with Crippen LogP contribution in [0, 0.1) is 10.7 Å². The molecule has 0 aliphatic carbocycles. The fourth-order valence-electron chi connectivity index (χ4n) is 1.73. The summed E-state index contributed by atoms with van der Waals surface area (Å²) in [7, 11) is 0. The maximum Gasteiger partial charge on any atom is 0.336 e. The highest BCUT2D eigenvalue weighted by atomic mass is 127. The van der Waals surface area contributed by atoms with Crippen LogP contribution in [0.1, 0.15) is 11.1 Å². The van der Waals surface area contributed by atoms with Gasteiger partial charge in [0.2, 0.25) is 0 Å². The molecule has 2 aromatic carbocycles. The van der Waals surface area contributed by atoms with Gasteiger partial charge in [-0.05, 0) is 109 Å². The minimum Gasteiger partial charge on any atom is -0.506 e. The van der Waals surface area contributed by atoms with Crippen LogP contribution in [0.5, 0.6) is 5.75 Å². The highest BCUT2D eigenvalue weighted by molar-refractivity contribution is 14.1. The standard InChI is InChI=1S/C15H9I3O3/c16-10-3-1-9(2-4-10)11(15(20)21)5-8-6-12(17)14(19)13(18)7-8/h1-7,19H,(H,20,21)/b11-5-. The molecule has 2 N–H and O–H groups in total. The first kappa shape index (κ1) is 17.0. The number of benzene rings is 2. The second-order valence-electron chi connectivity index (χ2n) is 4.20. The number of hydrogen-bond acceptors (Lipinski definition) is 2. The SMILES string of the molecule is O=C(O)/C(=C\c1cc(I)c(O)c(I)c1)c1ccc(I)cc1. The van der Waals surface area contributed by atoms with Crippen LogP contribution in [-0.4, -0.2) is 16.2 Å². The fraction of sp³-hybridized carbons (Fsp3) is 0. The molecule has 0 saturated heterocycles. The van der Waals surface area contributed by atoms with Crippen molar-refractivity contribution < 1.29 is 15.0 Å². The number of phenolic OH excluding ortho intramolecular Hbond substituents is 1. The summed E-state index contributed by atoms with van der Waals surface area (Å²) >= 11 is 6.23. The number of carboxylic acid groups (broad SMARTS) is 1. The van der Waals surface area contributed by atoms with E-state index < -0.39 is 5.97 Å². The highest BCUT2D eigenvalue weighted by Gasteiger charge is 2.12. The van der Waals surface area contributed by atoms with Crippen LogP contribution in [0.3, 0.4) is 0 Å². The van der Waals surface area contributed by atoms with E-state index in [-0.39, 0.29) is 11.3 Å². The third kappa shape index (κ3) is 4.31. The molecule has 0 unspecified atom stereocenters. The van der Waals surface area contributed by atoms with Crippen LogP contribution in [-0.2, 0) is 4.79 Å². The van der Waals surface area contributed by atoms with Crippen molar-refractivity contribution >= 4 is 85.4 Å². The van der Waals surface area contributed by atoms with Crippen LogP contribution in [0.2, 0.25) is 0 Å². The van der Waals surface area contributed by atoms with E-state index in [1.54, 1.807) is 30.3 Å². The molecule has 108 valence electrons. The summed E-state index contributed by atoms with van der Waals surface area (Å²) in [6.07, 6.45) is 1.62. The van der Waals surface area contributed by atoms with Crippen molar-refractivity contribution in [2.45, 2.75) is 0 Å². The van der Waals surface area contributed by atoms with Crippen molar-refractivity contribution in [3.05, 3.63) is 58.2 Å². The third-order valence-corrected chi connectivity index (χ3v) is 5.10. The Hall–Kier alpha value is -0.360. The Bertz CT molecular complexity index is 698. The van der Waals surface area contributed by atoms with Crippen LogP contribution in [0.25, 0.3) is 11.6 Å². The Morgan fingerprint density at radius 2 is 1.52 bits per heavy atom. The van der Waals surface area contributed by atoms with Crippen molar-refractivity contribution in [2.75, 3.05) is 0 Å². The number of carboxylic acids is 1. The minimum atomic E-state index is -0.978. The molecule has 0 spiro atoms. The van der Waals surface area contributed by atoms with Crippen molar-refractivity contribution in [3.63, 3.8) is 0 Å². The molecule has 0 aliphatic heterocycles. The Morgan fingerprint density at radius 1 is 1.00 bits per heavy atom. The second-order valence-corrected chi connectivity index (χ2v) is 7.77. The lowest BCUT2D eigenvalue weighted by Gasteiger charge is -2.06. The van der Waals surface area contributed by atoms with Gasteiger partial charge in [-0.25, -0.2) is 4.79 Å². The Kier molecular flexibility index (Phi) is 5.88. The second kappa shape index (κ2) is 7.27. The zero-order valence-corrected chi connectivity index (χ0v) is 17.0. The van der Waals surface area contributed by atoms with E-state index in [9.17, 15) is 15.0 Å². The van der Waals surface area contributed by atoms with Crippen molar-refractivity contribution in [3.8, 4) is 5.75 Å². The highest BCUT2D eigenvalue weighted by Crippen LogP contribution is 2.29. The average molecular weight is 618 g/mol. The maximum atomic E-state index is 11.5. The summed E-state index contributed by atoms with van der Waals surface area (Å²) in [5.41, 5.74) is 1.63. The lowest BCUT2D eigenvalue weighted by atomic mass is 10.0. The number of rotatable bonds is 3. The predicted octanol–water partition coefficient (Wildman–Crippen LogP) is 4.83. The van der Waals surface area contributed by atoms with E-state index in [1.165, 1.54) is 0 Å². The van der Waals surface area contributed by atoms with Gasteiger partial charge in [0.15, 0.2) is 0 Å². The minimum absolute atomic E-state index is 0.222. The monoisotopic (exact) mass is 618 g/mol. The van der Waals surface area contributed by atoms with E-state index in [4.69, 9.17) is 0 Å². The van der Waals surface area contributed by atoms with Crippen LogP contribution < -0.4 is 0 Å². The van der Waals surface area contributed by atoms with Crippen LogP contribution in [0.4, 0.5) is 0 Å². The molecule has 0 aromatic heterocycles. The first-order valence-corrected chi connectivity index (χ1v) is 9.01. The Morgan fingerprint density at radius 3 is 2.00 bits per heavy atom. The number of hydrogen-bond donors (Lipinski definition) is 2. The first-order chi connectivity index (χ1) is 9.88. The normalized spacial score (nSPS) is 11.5. The van der Waals surface area contributed by atoms with Gasteiger partial charge >= 0.3 is 5.97 Å². The molecule has 0 bridgehead atoms. The summed E-state index contributed by atoms with van der Waals surface area (Å²) in [6.45, 7) is 0. The number of halogens is 3. The molecule has 3 nitrogen and oxygen atoms in total. The van der Waals surface area contributed by atoms with Gasteiger partial charge in [-0.1, -0.05) is 12.1 Å². The molecule has 0 fully saturated rings. The largest absolute Gasteiger partial charge is 0.506 e. The number of aliphatic carboxylic acids is 1. The molecule has 0 saturated carbocycles.